The Bertz CT molecular complexity index is 1220. The van der Waals surface area contributed by atoms with Gasteiger partial charge in [-0.05, 0) is 12.1 Å². The summed E-state index contributed by atoms with van der Waals surface area (Å²) in [6, 6.07) is 4.91. The number of rotatable bonds is 8. The van der Waals surface area contributed by atoms with Crippen molar-refractivity contribution in [1.29, 1.82) is 0 Å². The van der Waals surface area contributed by atoms with E-state index in [0.717, 1.165) is 4.88 Å². The number of piperazine rings is 1. The normalized spacial score (nSPS) is 18.4. The predicted octanol–water partition coefficient (Wildman–Crippen LogP) is 3.74. The van der Waals surface area contributed by atoms with Gasteiger partial charge in [0.25, 0.3) is 5.91 Å². The first-order valence-corrected chi connectivity index (χ1v) is 14.5. The van der Waals surface area contributed by atoms with E-state index in [1.807, 2.05) is 32.9 Å². The first-order valence-electron chi connectivity index (χ1n) is 13.3. The SMILES string of the molecule is C=CCOC(=O)N1CCN(C(=O)CN2CCOCC2)CC1c1cc(NCc2ccc(Cl)s2)n(C(=O)C(C)(C)C)n1. The van der Waals surface area contributed by atoms with E-state index in [0.29, 0.717) is 55.2 Å². The zero-order valence-corrected chi connectivity index (χ0v) is 24.8. The zero-order valence-electron chi connectivity index (χ0n) is 23.2. The highest BCUT2D eigenvalue weighted by molar-refractivity contribution is 7.16. The van der Waals surface area contributed by atoms with E-state index in [2.05, 4.69) is 21.9 Å². The Morgan fingerprint density at radius 1 is 1.23 bits per heavy atom. The topological polar surface area (TPSA) is 109 Å². The van der Waals surface area contributed by atoms with E-state index < -0.39 is 17.6 Å². The van der Waals surface area contributed by atoms with Gasteiger partial charge in [0.05, 0.1) is 42.4 Å². The summed E-state index contributed by atoms with van der Waals surface area (Å²) in [6.07, 6.45) is 0.981. The second kappa shape index (κ2) is 13.2. The van der Waals surface area contributed by atoms with Gasteiger partial charge in [0.15, 0.2) is 0 Å². The molecule has 11 nitrogen and oxygen atoms in total. The van der Waals surface area contributed by atoms with Crippen LogP contribution in [-0.4, -0.2) is 101 Å². The van der Waals surface area contributed by atoms with Crippen LogP contribution in [0, 0.1) is 5.41 Å². The Kier molecular flexibility index (Phi) is 9.88. The lowest BCUT2D eigenvalue weighted by molar-refractivity contribution is -0.136. The maximum absolute atomic E-state index is 13.4. The summed E-state index contributed by atoms with van der Waals surface area (Å²) in [5.74, 6) is 0.266. The number of morpholine rings is 1. The predicted molar refractivity (Wildman–Crippen MR) is 154 cm³/mol. The number of anilines is 1. The highest BCUT2D eigenvalue weighted by Gasteiger charge is 2.38. The van der Waals surface area contributed by atoms with Crippen LogP contribution in [0.1, 0.15) is 42.2 Å². The van der Waals surface area contributed by atoms with Crippen LogP contribution >= 0.6 is 22.9 Å². The fourth-order valence-electron chi connectivity index (χ4n) is 4.53. The van der Waals surface area contributed by atoms with Crippen LogP contribution in [0.3, 0.4) is 0 Å². The van der Waals surface area contributed by atoms with Crippen molar-refractivity contribution in [2.75, 3.05) is 64.4 Å². The standard InChI is InChI=1S/C27H37ClN6O5S/c1-5-12-39-26(37)33-9-8-32(24(35)18-31-10-13-38-14-11-31)17-21(33)20-15-23(29-16-19-6-7-22(28)40-19)34(30-20)25(36)27(2,3)4/h5-7,15,21,29H,1,8-14,16-18H2,2-4H3. The number of halogens is 1. The number of nitrogens with zero attached hydrogens (tertiary/aromatic N) is 5. The molecule has 0 aliphatic carbocycles. The molecule has 1 unspecified atom stereocenters. The number of amides is 2. The molecule has 218 valence electrons. The zero-order chi connectivity index (χ0) is 28.9. The molecule has 0 saturated carbocycles. The van der Waals surface area contributed by atoms with Crippen molar-refractivity contribution < 1.29 is 23.9 Å². The molecule has 4 heterocycles. The van der Waals surface area contributed by atoms with Crippen LogP contribution in [0.25, 0.3) is 0 Å². The van der Waals surface area contributed by atoms with Gasteiger partial charge < -0.3 is 19.7 Å². The summed E-state index contributed by atoms with van der Waals surface area (Å²) in [4.78, 5) is 46.1. The van der Waals surface area contributed by atoms with Gasteiger partial charge in [-0.2, -0.15) is 9.78 Å². The van der Waals surface area contributed by atoms with Gasteiger partial charge in [-0.3, -0.25) is 19.4 Å². The average molecular weight is 593 g/mol. The molecule has 0 spiro atoms. The molecule has 0 aromatic carbocycles. The number of nitrogens with one attached hydrogen (secondary N) is 1. The van der Waals surface area contributed by atoms with Gasteiger partial charge in [-0.15, -0.1) is 11.3 Å². The molecule has 2 saturated heterocycles. The summed E-state index contributed by atoms with van der Waals surface area (Å²) in [5.41, 5.74) is -0.218. The summed E-state index contributed by atoms with van der Waals surface area (Å²) in [6.45, 7) is 13.4. The van der Waals surface area contributed by atoms with E-state index in [1.54, 1.807) is 15.9 Å². The number of carbonyl (C=O) groups is 3. The molecule has 0 radical (unpaired) electrons. The first-order chi connectivity index (χ1) is 19.1. The van der Waals surface area contributed by atoms with Gasteiger partial charge >= 0.3 is 6.09 Å². The number of carbonyl (C=O) groups excluding carboxylic acids is 3. The van der Waals surface area contributed by atoms with Crippen LogP contribution in [0.2, 0.25) is 4.34 Å². The summed E-state index contributed by atoms with van der Waals surface area (Å²) >= 11 is 7.54. The third-order valence-electron chi connectivity index (χ3n) is 6.73. The number of hydrogen-bond acceptors (Lipinski definition) is 9. The second-order valence-corrected chi connectivity index (χ2v) is 12.6. The summed E-state index contributed by atoms with van der Waals surface area (Å²) in [5, 5.41) is 7.99. The highest BCUT2D eigenvalue weighted by atomic mass is 35.5. The minimum Gasteiger partial charge on any atom is -0.445 e. The monoisotopic (exact) mass is 592 g/mol. The summed E-state index contributed by atoms with van der Waals surface area (Å²) < 4.78 is 12.8. The average Bonchev–Trinajstić information content (AvgIpc) is 3.55. The Balaban J connectivity index is 1.62. The van der Waals surface area contributed by atoms with Gasteiger partial charge in [-0.1, -0.05) is 45.0 Å². The van der Waals surface area contributed by atoms with Gasteiger partial charge in [-0.25, -0.2) is 4.79 Å². The van der Waals surface area contributed by atoms with Crippen molar-refractivity contribution in [1.82, 2.24) is 24.5 Å². The third-order valence-corrected chi connectivity index (χ3v) is 7.96. The van der Waals surface area contributed by atoms with Crippen LogP contribution in [0.4, 0.5) is 10.6 Å². The maximum Gasteiger partial charge on any atom is 0.410 e. The molecule has 2 aromatic rings. The molecule has 2 fully saturated rings. The molecule has 2 aliphatic rings. The van der Waals surface area contributed by atoms with E-state index >= 15 is 0 Å². The molecule has 0 bridgehead atoms. The fourth-order valence-corrected chi connectivity index (χ4v) is 5.56. The van der Waals surface area contributed by atoms with E-state index in [9.17, 15) is 14.4 Å². The molecule has 13 heteroatoms. The van der Waals surface area contributed by atoms with Gasteiger partial charge in [0.2, 0.25) is 5.91 Å². The quantitative estimate of drug-likeness (QED) is 0.462. The lowest BCUT2D eigenvalue weighted by Crippen LogP contribution is -2.55. The Morgan fingerprint density at radius 2 is 1.98 bits per heavy atom. The molecule has 2 amide bonds. The maximum atomic E-state index is 13.4. The van der Waals surface area contributed by atoms with Gasteiger partial charge in [0.1, 0.15) is 12.4 Å². The minimum absolute atomic E-state index is 0.0240. The van der Waals surface area contributed by atoms with Crippen LogP contribution in [0.5, 0.6) is 0 Å². The van der Waals surface area contributed by atoms with Crippen molar-refractivity contribution in [2.45, 2.75) is 33.4 Å². The molecule has 1 N–H and O–H groups in total. The number of ether oxygens (including phenoxy) is 2. The molecular formula is C27H37ClN6O5S. The van der Waals surface area contributed by atoms with Crippen molar-refractivity contribution in [3.63, 3.8) is 0 Å². The number of hydrogen-bond donors (Lipinski definition) is 1. The number of thiophene rings is 1. The van der Waals surface area contributed by atoms with E-state index in [1.165, 1.54) is 22.1 Å². The molecule has 4 rings (SSSR count). The Hall–Kier alpha value is -2.93. The largest absolute Gasteiger partial charge is 0.445 e. The molecule has 40 heavy (non-hydrogen) atoms. The molecule has 2 aliphatic heterocycles. The van der Waals surface area contributed by atoms with Crippen molar-refractivity contribution >= 4 is 46.7 Å². The molecule has 1 atom stereocenters. The van der Waals surface area contributed by atoms with Gasteiger partial charge in [0, 0.05) is 49.1 Å². The fraction of sp³-hybridized carbons (Fsp3) is 0.556. The number of aromatic nitrogens is 2. The Labute approximate surface area is 243 Å². The summed E-state index contributed by atoms with van der Waals surface area (Å²) in [7, 11) is 0. The van der Waals surface area contributed by atoms with Crippen molar-refractivity contribution in [3.05, 3.63) is 45.8 Å². The molecule has 2 aromatic heterocycles. The second-order valence-electron chi connectivity index (χ2n) is 10.8. The first kappa shape index (κ1) is 30.0. The smallest absolute Gasteiger partial charge is 0.410 e. The Morgan fingerprint density at radius 3 is 2.62 bits per heavy atom. The van der Waals surface area contributed by atoms with Crippen LogP contribution in [0.15, 0.2) is 30.9 Å². The van der Waals surface area contributed by atoms with E-state index in [4.69, 9.17) is 21.1 Å². The molecular weight excluding hydrogens is 556 g/mol. The van der Waals surface area contributed by atoms with Crippen molar-refractivity contribution in [3.8, 4) is 0 Å². The highest BCUT2D eigenvalue weighted by Crippen LogP contribution is 2.30. The lowest BCUT2D eigenvalue weighted by Gasteiger charge is -2.40. The minimum atomic E-state index is -0.707. The lowest BCUT2D eigenvalue weighted by atomic mass is 9.96. The van der Waals surface area contributed by atoms with Crippen LogP contribution in [-0.2, 0) is 20.8 Å². The third kappa shape index (κ3) is 7.42. The van der Waals surface area contributed by atoms with Crippen molar-refractivity contribution in [2.24, 2.45) is 5.41 Å². The van der Waals surface area contributed by atoms with E-state index in [-0.39, 0.29) is 38.1 Å². The van der Waals surface area contributed by atoms with Crippen LogP contribution < -0.4 is 5.32 Å².